The zero-order valence-corrected chi connectivity index (χ0v) is 19.5. The minimum absolute atomic E-state index is 0.0401. The molecule has 0 amide bonds. The third-order valence-corrected chi connectivity index (χ3v) is 6.89. The molecule has 1 aliphatic heterocycles. The van der Waals surface area contributed by atoms with Gasteiger partial charge in [0.25, 0.3) is 0 Å². The number of pyridine rings is 1. The number of nitrogens with zero attached hydrogens (tertiary/aromatic N) is 2. The fourth-order valence-corrected chi connectivity index (χ4v) is 5.66. The van der Waals surface area contributed by atoms with Crippen molar-refractivity contribution in [3.63, 3.8) is 0 Å². The second-order valence-electron chi connectivity index (χ2n) is 6.53. The third kappa shape index (κ3) is 5.99. The van der Waals surface area contributed by atoms with E-state index in [-0.39, 0.29) is 28.2 Å². The Kier molecular flexibility index (Phi) is 9.06. The Morgan fingerprint density at radius 2 is 2.00 bits per heavy atom. The molecule has 1 aromatic heterocycles. The van der Waals surface area contributed by atoms with Crippen LogP contribution in [0.3, 0.4) is 0 Å². The minimum Gasteiger partial charge on any atom is -0.384 e. The van der Waals surface area contributed by atoms with E-state index in [1.807, 2.05) is 19.4 Å². The number of hydrazine groups is 1. The van der Waals surface area contributed by atoms with Gasteiger partial charge < -0.3 is 16.8 Å². The molecule has 0 saturated carbocycles. The van der Waals surface area contributed by atoms with E-state index < -0.39 is 25.9 Å². The van der Waals surface area contributed by atoms with E-state index >= 15 is 0 Å². The summed E-state index contributed by atoms with van der Waals surface area (Å²) in [7, 11) is -6.25. The Labute approximate surface area is 189 Å². The lowest BCUT2D eigenvalue weighted by Gasteiger charge is -2.18. The highest BCUT2D eigenvalue weighted by molar-refractivity contribution is 7.90. The molecule has 1 aliphatic rings. The van der Waals surface area contributed by atoms with Crippen molar-refractivity contribution in [2.75, 3.05) is 18.8 Å². The zero-order valence-electron chi connectivity index (χ0n) is 17.8. The smallest absolute Gasteiger partial charge is 0.240 e. The predicted octanol–water partition coefficient (Wildman–Crippen LogP) is -0.938. The van der Waals surface area contributed by atoms with Crippen LogP contribution in [0.1, 0.15) is 25.8 Å². The molecule has 1 aromatic carbocycles. The van der Waals surface area contributed by atoms with Gasteiger partial charge in [-0.1, -0.05) is 19.9 Å². The van der Waals surface area contributed by atoms with Gasteiger partial charge in [-0.2, -0.15) is 0 Å². The lowest BCUT2D eigenvalue weighted by Crippen LogP contribution is -2.34. The van der Waals surface area contributed by atoms with Crippen LogP contribution in [0, 0.1) is 0 Å². The van der Waals surface area contributed by atoms with Gasteiger partial charge in [0.15, 0.2) is 5.84 Å². The van der Waals surface area contributed by atoms with Crippen LogP contribution in [0.2, 0.25) is 0 Å². The summed E-state index contributed by atoms with van der Waals surface area (Å²) in [6.07, 6.45) is 2.20. The number of primary sulfonamides is 1. The Bertz CT molecular complexity index is 1080. The van der Waals surface area contributed by atoms with Gasteiger partial charge in [0, 0.05) is 29.9 Å². The molecule has 2 unspecified atom stereocenters. The number of anilines is 1. The number of hydrogen-bond acceptors (Lipinski definition) is 9. The van der Waals surface area contributed by atoms with Crippen molar-refractivity contribution in [3.05, 3.63) is 36.0 Å². The summed E-state index contributed by atoms with van der Waals surface area (Å²) in [6.45, 7) is 5.38. The number of nitrogens with one attached hydrogen (secondary N) is 3. The highest BCUT2D eigenvalue weighted by Gasteiger charge is 2.29. The first kappa shape index (κ1) is 25.6. The van der Waals surface area contributed by atoms with Crippen LogP contribution < -0.4 is 38.0 Å². The normalized spacial score (nSPS) is 17.4. The van der Waals surface area contributed by atoms with Crippen molar-refractivity contribution in [1.82, 2.24) is 20.6 Å². The number of amidine groups is 1. The van der Waals surface area contributed by atoms with Gasteiger partial charge in [0.05, 0.1) is 4.90 Å². The molecule has 12 nitrogen and oxygen atoms in total. The second kappa shape index (κ2) is 11.3. The van der Waals surface area contributed by atoms with Crippen LogP contribution in [0.15, 0.2) is 45.4 Å². The van der Waals surface area contributed by atoms with Gasteiger partial charge >= 0.3 is 0 Å². The molecule has 0 spiro atoms. The monoisotopic (exact) mass is 483 g/mol. The van der Waals surface area contributed by atoms with Crippen LogP contribution in [-0.4, -0.2) is 42.6 Å². The van der Waals surface area contributed by atoms with E-state index in [9.17, 15) is 12.6 Å². The van der Waals surface area contributed by atoms with Crippen LogP contribution in [0.4, 0.5) is 5.82 Å². The number of aromatic nitrogens is 1. The molecule has 176 valence electrons. The average molecular weight is 484 g/mol. The summed E-state index contributed by atoms with van der Waals surface area (Å²) in [5, 5.41) is 12.4. The maximum atomic E-state index is 13.0. The van der Waals surface area contributed by atoms with Gasteiger partial charge in [-0.05, 0) is 36.7 Å². The highest BCUT2D eigenvalue weighted by atomic mass is 32.2. The topological polar surface area (TPSA) is 217 Å². The molecule has 0 radical (unpaired) electrons. The fraction of sp³-hybridized carbons (Fsp3) is 0.333. The lowest BCUT2D eigenvalue weighted by atomic mass is 10.0. The number of nitrogens with two attached hydrogens (primary N) is 4. The summed E-state index contributed by atoms with van der Waals surface area (Å²) in [5.74, 6) is 5.26. The molecular formula is C18H29N9O3S2. The van der Waals surface area contributed by atoms with E-state index in [1.165, 1.54) is 12.3 Å². The number of hydrogen-bond donors (Lipinski definition) is 7. The SMILES string of the molecule is CC.NN/N=C(\N)c1c(-c2ccc(N)nc2)ccc(S(=O)NC2CCNC2)c1S(N)(=O)=O. The largest absolute Gasteiger partial charge is 0.384 e. The summed E-state index contributed by atoms with van der Waals surface area (Å²) >= 11 is 0. The molecule has 2 atom stereocenters. The van der Waals surface area contributed by atoms with Gasteiger partial charge in [-0.3, -0.25) is 0 Å². The quantitative estimate of drug-likeness (QED) is 0.112. The fourth-order valence-electron chi connectivity index (χ4n) is 3.15. The molecule has 1 fully saturated rings. The summed E-state index contributed by atoms with van der Waals surface area (Å²) < 4.78 is 41.0. The maximum absolute atomic E-state index is 13.0. The average Bonchev–Trinajstić information content (AvgIpc) is 3.27. The molecule has 14 heteroatoms. The third-order valence-electron chi connectivity index (χ3n) is 4.48. The van der Waals surface area contributed by atoms with E-state index in [0.717, 1.165) is 13.0 Å². The summed E-state index contributed by atoms with van der Waals surface area (Å²) in [5.41, 5.74) is 14.5. The number of nitrogen functional groups attached to an aromatic ring is 1. The first-order valence-electron chi connectivity index (χ1n) is 9.82. The molecule has 3 rings (SSSR count). The molecule has 1 saturated heterocycles. The summed E-state index contributed by atoms with van der Waals surface area (Å²) in [6, 6.07) is 6.09. The first-order valence-corrected chi connectivity index (χ1v) is 12.5. The Hall–Kier alpha value is -2.62. The number of rotatable bonds is 7. The van der Waals surface area contributed by atoms with Gasteiger partial charge in [0.2, 0.25) is 10.0 Å². The predicted molar refractivity (Wildman–Crippen MR) is 126 cm³/mol. The van der Waals surface area contributed by atoms with Crippen LogP contribution in [0.25, 0.3) is 11.1 Å². The van der Waals surface area contributed by atoms with E-state index in [2.05, 4.69) is 20.1 Å². The van der Waals surface area contributed by atoms with Crippen molar-refractivity contribution in [2.45, 2.75) is 36.1 Å². The molecular weight excluding hydrogens is 454 g/mol. The molecule has 32 heavy (non-hydrogen) atoms. The highest BCUT2D eigenvalue weighted by Crippen LogP contribution is 2.32. The number of sulfonamides is 1. The first-order chi connectivity index (χ1) is 15.2. The molecule has 11 N–H and O–H groups in total. The van der Waals surface area contributed by atoms with Crippen LogP contribution in [-0.2, 0) is 21.0 Å². The second-order valence-corrected chi connectivity index (χ2v) is 9.25. The maximum Gasteiger partial charge on any atom is 0.240 e. The van der Waals surface area contributed by atoms with Crippen molar-refractivity contribution >= 4 is 32.7 Å². The van der Waals surface area contributed by atoms with E-state index in [4.69, 9.17) is 22.4 Å². The van der Waals surface area contributed by atoms with Gasteiger partial charge in [-0.15, -0.1) is 5.10 Å². The molecule has 0 aliphatic carbocycles. The molecule has 0 bridgehead atoms. The van der Waals surface area contributed by atoms with Crippen molar-refractivity contribution < 1.29 is 12.6 Å². The van der Waals surface area contributed by atoms with Crippen LogP contribution >= 0.6 is 0 Å². The molecule has 2 aromatic rings. The van der Waals surface area contributed by atoms with Gasteiger partial charge in [-0.25, -0.2) is 38.8 Å². The van der Waals surface area contributed by atoms with E-state index in [1.54, 1.807) is 18.2 Å². The minimum atomic E-state index is -4.37. The van der Waals surface area contributed by atoms with Crippen molar-refractivity contribution in [2.24, 2.45) is 21.8 Å². The van der Waals surface area contributed by atoms with Gasteiger partial charge in [0.1, 0.15) is 21.7 Å². The van der Waals surface area contributed by atoms with Crippen molar-refractivity contribution in [1.29, 1.82) is 0 Å². The molecule has 2 heterocycles. The zero-order chi connectivity index (χ0) is 23.9. The Morgan fingerprint density at radius 1 is 1.28 bits per heavy atom. The van der Waals surface area contributed by atoms with Crippen molar-refractivity contribution in [3.8, 4) is 11.1 Å². The summed E-state index contributed by atoms with van der Waals surface area (Å²) in [4.78, 5) is 3.56. The van der Waals surface area contributed by atoms with Crippen LogP contribution in [0.5, 0.6) is 0 Å². The number of benzene rings is 1. The Balaban J connectivity index is 0.00000176. The number of hydrazone groups is 1. The Morgan fingerprint density at radius 3 is 2.53 bits per heavy atom. The lowest BCUT2D eigenvalue weighted by molar-refractivity contribution is 0.593. The van der Waals surface area contributed by atoms with E-state index in [0.29, 0.717) is 17.7 Å². The standard InChI is InChI=1S/C16H23N9O3S2.C2H6/c17-13-4-1-9(7-22-13)11-2-3-12(29(26)24-10-5-6-21-8-10)15(30(20,27)28)14(11)16(18)23-25-19;1-2/h1-4,7,10,21,24-25H,5-6,8,19H2,(H2,17,22)(H2,18,23)(H2,20,27,28);1-2H3.